The van der Waals surface area contributed by atoms with Crippen LogP contribution in [0.4, 0.5) is 0 Å². The highest BCUT2D eigenvalue weighted by Crippen LogP contribution is 1.72. The van der Waals surface area contributed by atoms with Gasteiger partial charge in [-0.25, -0.2) is 0 Å². The molecule has 0 nitrogen and oxygen atoms in total. The van der Waals surface area contributed by atoms with Crippen molar-refractivity contribution in [3.63, 3.8) is 0 Å². The van der Waals surface area contributed by atoms with Gasteiger partial charge in [-0.05, 0) is 3.93 Å². The lowest BCUT2D eigenvalue weighted by Gasteiger charge is -1.54. The average Bonchev–Trinajstić information content (AvgIpc) is 1.41. The van der Waals surface area contributed by atoms with Crippen molar-refractivity contribution in [1.29, 1.82) is 0 Å². The van der Waals surface area contributed by atoms with Gasteiger partial charge in [0.1, 0.15) is 0 Å². The topological polar surface area (TPSA) is 0 Å². The zero-order valence-corrected chi connectivity index (χ0v) is 5.38. The molecule has 0 aromatic heterocycles. The summed E-state index contributed by atoms with van der Waals surface area (Å²) in [6.07, 6.45) is 0. The van der Waals surface area contributed by atoms with Crippen LogP contribution in [0.1, 0.15) is 0 Å². The first kappa shape index (κ1) is 5.58. The monoisotopic (exact) mass is 200 g/mol. The van der Waals surface area contributed by atoms with Crippen LogP contribution < -0.4 is 0 Å². The minimum Gasteiger partial charge on any atom is -0.113 e. The Hall–Kier alpha value is 0.580. The summed E-state index contributed by atoms with van der Waals surface area (Å²) in [7, 11) is 0. The zero-order chi connectivity index (χ0) is 4.12. The number of hydrogen-bond donors (Lipinski definition) is 0. The second-order valence-corrected chi connectivity index (χ2v) is 1.21. The quantitative estimate of drug-likeness (QED) is 0.317. The summed E-state index contributed by atoms with van der Waals surface area (Å²) in [4.78, 5) is 0. The molecule has 0 aromatic carbocycles. The first-order chi connectivity index (χ1) is 2.41. The highest BCUT2D eigenvalue weighted by molar-refractivity contribution is 14.1. The van der Waals surface area contributed by atoms with Gasteiger partial charge in [0.05, 0.1) is 5.88 Å². The second-order valence-electron chi connectivity index (χ2n) is 0.405. The van der Waals surface area contributed by atoms with E-state index < -0.39 is 0 Å². The standard InChI is InChI=1S/C3H2ClI/c4-2-1-3-5/h2H2. The number of halogens is 2. The van der Waals surface area contributed by atoms with Crippen molar-refractivity contribution in [1.82, 2.24) is 0 Å². The lowest BCUT2D eigenvalue weighted by molar-refractivity contribution is 1.93. The number of hydrogen-bond acceptors (Lipinski definition) is 0. The molecule has 0 spiro atoms. The van der Waals surface area contributed by atoms with Crippen LogP contribution in [0.3, 0.4) is 0 Å². The maximum atomic E-state index is 5.12. The van der Waals surface area contributed by atoms with Crippen molar-refractivity contribution in [2.24, 2.45) is 0 Å². The predicted octanol–water partition coefficient (Wildman–Crippen LogP) is 1.62. The van der Waals surface area contributed by atoms with E-state index in [0.717, 1.165) is 0 Å². The molecule has 0 saturated heterocycles. The first-order valence-corrected chi connectivity index (χ1v) is 2.67. The Morgan fingerprint density at radius 1 is 1.80 bits per heavy atom. The molecule has 5 heavy (non-hydrogen) atoms. The van der Waals surface area contributed by atoms with Gasteiger partial charge < -0.3 is 0 Å². The van der Waals surface area contributed by atoms with Crippen molar-refractivity contribution in [3.05, 3.63) is 0 Å². The van der Waals surface area contributed by atoms with Crippen LogP contribution in [0.2, 0.25) is 0 Å². The van der Waals surface area contributed by atoms with E-state index in [2.05, 4.69) is 9.85 Å². The molecule has 0 unspecified atom stereocenters. The minimum absolute atomic E-state index is 0.447. The van der Waals surface area contributed by atoms with Crippen molar-refractivity contribution in [2.75, 3.05) is 5.88 Å². The van der Waals surface area contributed by atoms with E-state index >= 15 is 0 Å². The molecule has 0 N–H and O–H groups in total. The average molecular weight is 200 g/mol. The molecule has 0 rings (SSSR count). The second kappa shape index (κ2) is 4.58. The molecule has 0 atom stereocenters. The smallest absolute Gasteiger partial charge is 0.0843 e. The third-order valence-corrected chi connectivity index (χ3v) is 0.649. The fourth-order valence-electron chi connectivity index (χ4n) is 0.0253. The lowest BCUT2D eigenvalue weighted by atomic mass is 10.8. The molecule has 0 aromatic rings. The van der Waals surface area contributed by atoms with E-state index in [4.69, 9.17) is 11.6 Å². The van der Waals surface area contributed by atoms with Crippen molar-refractivity contribution in [2.45, 2.75) is 0 Å². The summed E-state index contributed by atoms with van der Waals surface area (Å²) in [6.45, 7) is 0. The maximum absolute atomic E-state index is 5.12. The van der Waals surface area contributed by atoms with E-state index in [9.17, 15) is 0 Å². The third kappa shape index (κ3) is 4.58. The SMILES string of the molecule is ClCC#CI. The van der Waals surface area contributed by atoms with Crippen LogP contribution in [0.25, 0.3) is 0 Å². The molecule has 28 valence electrons. The maximum Gasteiger partial charge on any atom is 0.0843 e. The third-order valence-electron chi connectivity index (χ3n) is 0.134. The van der Waals surface area contributed by atoms with Crippen LogP contribution in [0.15, 0.2) is 0 Å². The summed E-state index contributed by atoms with van der Waals surface area (Å²) in [6, 6.07) is 0. The molecule has 2 heteroatoms. The van der Waals surface area contributed by atoms with Gasteiger partial charge in [-0.2, -0.15) is 0 Å². The molecular formula is C3H2ClI. The molecule has 0 fully saturated rings. The Morgan fingerprint density at radius 3 is 2.40 bits per heavy atom. The molecule has 0 aliphatic carbocycles. The highest BCUT2D eigenvalue weighted by atomic mass is 127. The Labute approximate surface area is 50.0 Å². The minimum atomic E-state index is 0.447. The van der Waals surface area contributed by atoms with E-state index in [1.165, 1.54) is 0 Å². The summed E-state index contributed by atoms with van der Waals surface area (Å²) in [5, 5.41) is 0. The van der Waals surface area contributed by atoms with Gasteiger partial charge in [-0.3, -0.25) is 0 Å². The van der Waals surface area contributed by atoms with Gasteiger partial charge >= 0.3 is 0 Å². The number of alkyl halides is 1. The zero-order valence-electron chi connectivity index (χ0n) is 2.46. The summed E-state index contributed by atoms with van der Waals surface area (Å²) >= 11 is 7.07. The highest BCUT2D eigenvalue weighted by Gasteiger charge is 1.52. The van der Waals surface area contributed by atoms with E-state index in [1.54, 1.807) is 0 Å². The molecular weight excluding hydrogens is 198 g/mol. The van der Waals surface area contributed by atoms with Crippen molar-refractivity contribution >= 4 is 34.2 Å². The summed E-state index contributed by atoms with van der Waals surface area (Å²) in [5.41, 5.74) is 0. The lowest BCUT2D eigenvalue weighted by Crippen LogP contribution is -1.50. The van der Waals surface area contributed by atoms with Gasteiger partial charge in [0.2, 0.25) is 0 Å². The van der Waals surface area contributed by atoms with Gasteiger partial charge in [0, 0.05) is 22.6 Å². The van der Waals surface area contributed by atoms with Crippen LogP contribution in [-0.2, 0) is 0 Å². The van der Waals surface area contributed by atoms with Gasteiger partial charge in [0.15, 0.2) is 0 Å². The van der Waals surface area contributed by atoms with Crippen LogP contribution in [-0.4, -0.2) is 5.88 Å². The molecule has 0 heterocycles. The van der Waals surface area contributed by atoms with Gasteiger partial charge in [0.25, 0.3) is 0 Å². The predicted molar refractivity (Wildman–Crippen MR) is 32.5 cm³/mol. The fraction of sp³-hybridized carbons (Fsp3) is 0.333. The fourth-order valence-corrected chi connectivity index (χ4v) is 0.508. The molecule has 0 radical (unpaired) electrons. The Balaban J connectivity index is 2.81. The van der Waals surface area contributed by atoms with E-state index in [0.29, 0.717) is 5.88 Å². The van der Waals surface area contributed by atoms with Crippen molar-refractivity contribution < 1.29 is 0 Å². The molecule has 0 aliphatic heterocycles. The van der Waals surface area contributed by atoms with Crippen molar-refractivity contribution in [3.8, 4) is 9.85 Å². The van der Waals surface area contributed by atoms with E-state index in [-0.39, 0.29) is 0 Å². The first-order valence-electron chi connectivity index (χ1n) is 1.06. The number of rotatable bonds is 0. The molecule has 0 saturated carbocycles. The van der Waals surface area contributed by atoms with Crippen LogP contribution >= 0.6 is 34.2 Å². The summed E-state index contributed by atoms with van der Waals surface area (Å²) in [5.74, 6) is 3.06. The van der Waals surface area contributed by atoms with Gasteiger partial charge in [-0.15, -0.1) is 11.6 Å². The molecule has 0 bridgehead atoms. The normalized spacial score (nSPS) is 5.20. The van der Waals surface area contributed by atoms with Crippen LogP contribution in [0.5, 0.6) is 0 Å². The Kier molecular flexibility index (Phi) is 5.11. The largest absolute Gasteiger partial charge is 0.113 e. The van der Waals surface area contributed by atoms with Gasteiger partial charge in [-0.1, -0.05) is 5.92 Å². The van der Waals surface area contributed by atoms with E-state index in [1.807, 2.05) is 22.6 Å². The molecule has 0 amide bonds. The summed E-state index contributed by atoms with van der Waals surface area (Å²) < 4.78 is 2.61. The van der Waals surface area contributed by atoms with Crippen LogP contribution in [0, 0.1) is 9.85 Å². The molecule has 0 aliphatic rings. The Morgan fingerprint density at radius 2 is 2.40 bits per heavy atom. The Bertz CT molecular complexity index is 59.0.